The topological polar surface area (TPSA) is 62.2 Å². The minimum absolute atomic E-state index is 0.227. The van der Waals surface area contributed by atoms with Gasteiger partial charge in [0.05, 0.1) is 19.3 Å². The second-order valence-corrected chi connectivity index (χ2v) is 5.27. The summed E-state index contributed by atoms with van der Waals surface area (Å²) in [7, 11) is 1.37. The number of piperazine rings is 1. The maximum absolute atomic E-state index is 11.3. The predicted molar refractivity (Wildman–Crippen MR) is 83.2 cm³/mol. The number of benzene rings is 1. The van der Waals surface area contributed by atoms with Crippen molar-refractivity contribution in [1.29, 1.82) is 0 Å². The van der Waals surface area contributed by atoms with Gasteiger partial charge in [-0.25, -0.2) is 4.79 Å². The molecule has 0 bridgehead atoms. The van der Waals surface area contributed by atoms with Crippen LogP contribution in [0.2, 0.25) is 0 Å². The van der Waals surface area contributed by atoms with Crippen molar-refractivity contribution in [1.82, 2.24) is 9.80 Å². The summed E-state index contributed by atoms with van der Waals surface area (Å²) in [6.45, 7) is 6.49. The Morgan fingerprint density at radius 1 is 1.09 bits per heavy atom. The molecule has 0 saturated carbocycles. The molecule has 1 N–H and O–H groups in total. The van der Waals surface area contributed by atoms with E-state index in [-0.39, 0.29) is 12.6 Å². The molecule has 0 spiro atoms. The largest absolute Gasteiger partial charge is 0.492 e. The normalized spacial score (nSPS) is 16.5. The highest BCUT2D eigenvalue weighted by molar-refractivity contribution is 5.89. The van der Waals surface area contributed by atoms with Crippen molar-refractivity contribution in [3.8, 4) is 5.75 Å². The number of hydrogen-bond donors (Lipinski definition) is 1. The van der Waals surface area contributed by atoms with Crippen molar-refractivity contribution in [2.75, 3.05) is 59.6 Å². The highest BCUT2D eigenvalue weighted by Crippen LogP contribution is 2.13. The van der Waals surface area contributed by atoms with E-state index in [1.54, 1.807) is 24.3 Å². The number of rotatable bonds is 7. The second kappa shape index (κ2) is 8.73. The van der Waals surface area contributed by atoms with E-state index in [0.717, 1.165) is 45.0 Å². The maximum atomic E-state index is 11.3. The second-order valence-electron chi connectivity index (χ2n) is 5.27. The van der Waals surface area contributed by atoms with Crippen molar-refractivity contribution in [3.63, 3.8) is 0 Å². The van der Waals surface area contributed by atoms with Crippen LogP contribution in [0.4, 0.5) is 0 Å². The first-order valence-corrected chi connectivity index (χ1v) is 7.59. The minimum Gasteiger partial charge on any atom is -0.492 e. The number of esters is 1. The number of carbonyl (C=O) groups is 1. The van der Waals surface area contributed by atoms with Crippen molar-refractivity contribution in [3.05, 3.63) is 29.8 Å². The summed E-state index contributed by atoms with van der Waals surface area (Å²) in [6, 6.07) is 6.97. The van der Waals surface area contributed by atoms with Crippen LogP contribution in [0.5, 0.6) is 5.75 Å². The fraction of sp³-hybridized carbons (Fsp3) is 0.562. The van der Waals surface area contributed by atoms with Crippen molar-refractivity contribution in [2.45, 2.75) is 0 Å². The third-order valence-electron chi connectivity index (χ3n) is 3.83. The van der Waals surface area contributed by atoms with Crippen LogP contribution in [0.3, 0.4) is 0 Å². The molecule has 0 aromatic heterocycles. The Morgan fingerprint density at radius 3 is 2.23 bits per heavy atom. The summed E-state index contributed by atoms with van der Waals surface area (Å²) in [5, 5.41) is 8.92. The monoisotopic (exact) mass is 308 g/mol. The molecule has 0 unspecified atom stereocenters. The van der Waals surface area contributed by atoms with Crippen molar-refractivity contribution in [2.24, 2.45) is 0 Å². The Balaban J connectivity index is 1.67. The van der Waals surface area contributed by atoms with E-state index in [0.29, 0.717) is 12.2 Å². The molecule has 6 nitrogen and oxygen atoms in total. The smallest absolute Gasteiger partial charge is 0.337 e. The zero-order chi connectivity index (χ0) is 15.8. The molecule has 2 rings (SSSR count). The lowest BCUT2D eigenvalue weighted by Crippen LogP contribution is -2.48. The van der Waals surface area contributed by atoms with Crippen LogP contribution < -0.4 is 4.74 Å². The van der Waals surface area contributed by atoms with Gasteiger partial charge in [-0.05, 0) is 24.3 Å². The van der Waals surface area contributed by atoms with Gasteiger partial charge in [-0.1, -0.05) is 0 Å². The molecule has 0 amide bonds. The third kappa shape index (κ3) is 4.98. The summed E-state index contributed by atoms with van der Waals surface area (Å²) in [5.74, 6) is 0.416. The van der Waals surface area contributed by atoms with Crippen molar-refractivity contribution >= 4 is 5.97 Å². The van der Waals surface area contributed by atoms with Crippen LogP contribution in [-0.4, -0.2) is 80.5 Å². The van der Waals surface area contributed by atoms with Gasteiger partial charge in [0.1, 0.15) is 12.4 Å². The van der Waals surface area contributed by atoms with E-state index in [4.69, 9.17) is 9.84 Å². The summed E-state index contributed by atoms with van der Waals surface area (Å²) in [6.07, 6.45) is 0. The van der Waals surface area contributed by atoms with Crippen LogP contribution in [0, 0.1) is 0 Å². The van der Waals surface area contributed by atoms with Gasteiger partial charge in [-0.2, -0.15) is 0 Å². The number of carbonyl (C=O) groups excluding carboxylic acids is 1. The molecule has 1 aromatic rings. The minimum atomic E-state index is -0.340. The van der Waals surface area contributed by atoms with Gasteiger partial charge in [0, 0.05) is 39.3 Å². The molecular formula is C16H24N2O4. The third-order valence-corrected chi connectivity index (χ3v) is 3.83. The molecule has 0 atom stereocenters. The highest BCUT2D eigenvalue weighted by atomic mass is 16.5. The van der Waals surface area contributed by atoms with Gasteiger partial charge < -0.3 is 14.6 Å². The number of nitrogens with zero attached hydrogens (tertiary/aromatic N) is 2. The van der Waals surface area contributed by atoms with Gasteiger partial charge in [0.25, 0.3) is 0 Å². The predicted octanol–water partition coefficient (Wildman–Crippen LogP) is 0.462. The number of aliphatic hydroxyl groups excluding tert-OH is 1. The summed E-state index contributed by atoms with van der Waals surface area (Å²) in [5.41, 5.74) is 0.523. The zero-order valence-corrected chi connectivity index (χ0v) is 13.0. The van der Waals surface area contributed by atoms with Gasteiger partial charge in [-0.3, -0.25) is 9.80 Å². The van der Waals surface area contributed by atoms with E-state index >= 15 is 0 Å². The number of hydrogen-bond acceptors (Lipinski definition) is 6. The number of aliphatic hydroxyl groups is 1. The van der Waals surface area contributed by atoms with E-state index in [1.807, 2.05) is 0 Å². The molecule has 1 saturated heterocycles. The molecule has 1 aliphatic rings. The van der Waals surface area contributed by atoms with Gasteiger partial charge in [0.2, 0.25) is 0 Å². The lowest BCUT2D eigenvalue weighted by molar-refractivity contribution is 0.0600. The lowest BCUT2D eigenvalue weighted by atomic mass is 10.2. The standard InChI is InChI=1S/C16H24N2O4/c1-21-16(20)14-2-4-15(5-3-14)22-13-11-18-8-6-17(7-9-18)10-12-19/h2-5,19H,6-13H2,1H3. The Hall–Kier alpha value is -1.63. The van der Waals surface area contributed by atoms with E-state index < -0.39 is 0 Å². The summed E-state index contributed by atoms with van der Waals surface area (Å²) in [4.78, 5) is 16.0. The Morgan fingerprint density at radius 2 is 1.68 bits per heavy atom. The van der Waals surface area contributed by atoms with E-state index in [9.17, 15) is 4.79 Å². The molecule has 0 aliphatic carbocycles. The van der Waals surface area contributed by atoms with E-state index in [2.05, 4.69) is 14.5 Å². The maximum Gasteiger partial charge on any atom is 0.337 e. The lowest BCUT2D eigenvalue weighted by Gasteiger charge is -2.34. The molecular weight excluding hydrogens is 284 g/mol. The Kier molecular flexibility index (Phi) is 6.64. The quantitative estimate of drug-likeness (QED) is 0.739. The molecule has 6 heteroatoms. The molecule has 1 aromatic carbocycles. The van der Waals surface area contributed by atoms with E-state index in [1.165, 1.54) is 7.11 Å². The Labute approximate surface area is 131 Å². The van der Waals surface area contributed by atoms with Crippen LogP contribution in [-0.2, 0) is 4.74 Å². The van der Waals surface area contributed by atoms with Crippen LogP contribution >= 0.6 is 0 Å². The van der Waals surface area contributed by atoms with Crippen LogP contribution in [0.15, 0.2) is 24.3 Å². The molecule has 122 valence electrons. The van der Waals surface area contributed by atoms with Crippen LogP contribution in [0.25, 0.3) is 0 Å². The first-order chi connectivity index (χ1) is 10.7. The summed E-state index contributed by atoms with van der Waals surface area (Å²) < 4.78 is 10.4. The average molecular weight is 308 g/mol. The molecule has 1 heterocycles. The van der Waals surface area contributed by atoms with Gasteiger partial charge in [0.15, 0.2) is 0 Å². The van der Waals surface area contributed by atoms with Crippen molar-refractivity contribution < 1.29 is 19.4 Å². The molecule has 0 radical (unpaired) electrons. The summed E-state index contributed by atoms with van der Waals surface area (Å²) >= 11 is 0. The first kappa shape index (κ1) is 16.7. The molecule has 22 heavy (non-hydrogen) atoms. The fourth-order valence-electron chi connectivity index (χ4n) is 2.48. The van der Waals surface area contributed by atoms with Gasteiger partial charge in [-0.15, -0.1) is 0 Å². The Bertz CT molecular complexity index is 456. The first-order valence-electron chi connectivity index (χ1n) is 7.59. The number of β-amino-alcohol motifs (C(OH)–C–C–N with tert-alkyl or cyclic N) is 1. The zero-order valence-electron chi connectivity index (χ0n) is 13.0. The number of ether oxygens (including phenoxy) is 2. The highest BCUT2D eigenvalue weighted by Gasteiger charge is 2.15. The number of methoxy groups -OCH3 is 1. The SMILES string of the molecule is COC(=O)c1ccc(OCCN2CCN(CCO)CC2)cc1. The van der Waals surface area contributed by atoms with Gasteiger partial charge >= 0.3 is 5.97 Å². The average Bonchev–Trinajstić information content (AvgIpc) is 2.56. The molecule has 1 fully saturated rings. The molecule has 1 aliphatic heterocycles. The van der Waals surface area contributed by atoms with Crippen LogP contribution in [0.1, 0.15) is 10.4 Å². The fourth-order valence-corrected chi connectivity index (χ4v) is 2.48.